The summed E-state index contributed by atoms with van der Waals surface area (Å²) in [4.78, 5) is 27.2. The fourth-order valence-electron chi connectivity index (χ4n) is 6.62. The highest BCUT2D eigenvalue weighted by Gasteiger charge is 2.33. The summed E-state index contributed by atoms with van der Waals surface area (Å²) in [6.07, 6.45) is 4.70. The fourth-order valence-corrected chi connectivity index (χ4v) is 8.19. The summed E-state index contributed by atoms with van der Waals surface area (Å²) >= 11 is 0. The Morgan fingerprint density at radius 3 is 2.19 bits per heavy atom. The van der Waals surface area contributed by atoms with Crippen molar-refractivity contribution in [2.24, 2.45) is 23.7 Å². The quantitative estimate of drug-likeness (QED) is 0.161. The van der Waals surface area contributed by atoms with Crippen LogP contribution in [0.15, 0.2) is 77.7 Å². The van der Waals surface area contributed by atoms with E-state index in [0.717, 1.165) is 42.0 Å². The average Bonchev–Trinajstić information content (AvgIpc) is 3.06. The summed E-state index contributed by atoms with van der Waals surface area (Å²) in [5.74, 6) is -2.11. The van der Waals surface area contributed by atoms with Gasteiger partial charge >= 0.3 is 0 Å². The lowest BCUT2D eigenvalue weighted by molar-refractivity contribution is -0.128. The van der Waals surface area contributed by atoms with Crippen molar-refractivity contribution in [3.63, 3.8) is 0 Å². The molecule has 9 heteroatoms. The summed E-state index contributed by atoms with van der Waals surface area (Å²) in [7, 11) is -3.82. The van der Waals surface area contributed by atoms with Gasteiger partial charge in [-0.25, -0.2) is 8.42 Å². The molecule has 1 saturated carbocycles. The molecule has 1 fully saturated rings. The third kappa shape index (κ3) is 10.9. The van der Waals surface area contributed by atoms with E-state index in [4.69, 9.17) is 0 Å². The zero-order valence-corrected chi connectivity index (χ0v) is 28.8. The number of sulfone groups is 1. The number of aliphatic hydroxyl groups excluding tert-OH is 2. The molecule has 3 aromatic carbocycles. The standard InChI is InChI=1S/C38H52N2O6S/c1-26(2)20-35(41)36(42)34(22-29-14-8-5-9-15-29)40-37(43)27(3)24-39-38(44)32(21-28-12-6-4-7-13-28)25-47(45,46)33-19-18-30-16-10-11-17-31(30)23-33/h4,6-7,10-13,16-19,23,26-27,29,32,34-36,41-42H,5,8-9,14-15,20-22,24-25H2,1-3H3,(H,39,44)(H,40,43)/t27-,32-,34+,35+,36-/m1/s1. The molecule has 4 N–H and O–H groups in total. The van der Waals surface area contributed by atoms with E-state index < -0.39 is 45.8 Å². The Kier molecular flexibility index (Phi) is 13.4. The maximum atomic E-state index is 13.6. The van der Waals surface area contributed by atoms with Gasteiger partial charge in [-0.1, -0.05) is 114 Å². The smallest absolute Gasteiger partial charge is 0.224 e. The Hall–Kier alpha value is -3.27. The number of amides is 2. The molecule has 1 aliphatic carbocycles. The first-order valence-corrected chi connectivity index (χ1v) is 18.8. The SMILES string of the molecule is CC(C)C[C@H](O)[C@H](O)[C@H](CC1CCCCC1)NC(=O)[C@H](C)CNC(=O)[C@H](Cc1ccccc1)CS(=O)(=O)c1ccc2ccccc2c1. The molecule has 0 saturated heterocycles. The van der Waals surface area contributed by atoms with Crippen LogP contribution < -0.4 is 10.6 Å². The lowest BCUT2D eigenvalue weighted by Crippen LogP contribution is -2.52. The van der Waals surface area contributed by atoms with Gasteiger partial charge < -0.3 is 20.8 Å². The second-order valence-corrected chi connectivity index (χ2v) is 15.9. The molecule has 5 atom stereocenters. The van der Waals surface area contributed by atoms with Crippen LogP contribution in [0.25, 0.3) is 10.8 Å². The van der Waals surface area contributed by atoms with Crippen LogP contribution in [0.1, 0.15) is 71.3 Å². The van der Waals surface area contributed by atoms with Gasteiger partial charge in [0.1, 0.15) is 6.10 Å². The van der Waals surface area contributed by atoms with Crippen molar-refractivity contribution in [2.45, 2.75) is 95.3 Å². The molecule has 0 heterocycles. The number of carbonyl (C=O) groups is 2. The molecule has 2 amide bonds. The molecule has 0 aliphatic heterocycles. The predicted octanol–water partition coefficient (Wildman–Crippen LogP) is 5.45. The van der Waals surface area contributed by atoms with Crippen molar-refractivity contribution < 1.29 is 28.2 Å². The molecule has 47 heavy (non-hydrogen) atoms. The van der Waals surface area contributed by atoms with E-state index in [0.29, 0.717) is 18.8 Å². The first-order valence-electron chi connectivity index (χ1n) is 17.1. The van der Waals surface area contributed by atoms with Gasteiger partial charge in [0.05, 0.1) is 34.6 Å². The van der Waals surface area contributed by atoms with Crippen LogP contribution in [0.5, 0.6) is 0 Å². The maximum absolute atomic E-state index is 13.6. The zero-order valence-electron chi connectivity index (χ0n) is 28.0. The Labute approximate surface area is 280 Å². The second kappa shape index (κ2) is 17.2. The van der Waals surface area contributed by atoms with E-state index in [1.54, 1.807) is 25.1 Å². The number of rotatable bonds is 16. The molecule has 4 rings (SSSR count). The van der Waals surface area contributed by atoms with Gasteiger partial charge in [-0.3, -0.25) is 9.59 Å². The van der Waals surface area contributed by atoms with Crippen LogP contribution in [0, 0.1) is 23.7 Å². The van der Waals surface area contributed by atoms with E-state index in [2.05, 4.69) is 10.6 Å². The number of carbonyl (C=O) groups excluding carboxylic acids is 2. The van der Waals surface area contributed by atoms with Gasteiger partial charge in [0.2, 0.25) is 11.8 Å². The van der Waals surface area contributed by atoms with E-state index in [1.807, 2.05) is 68.4 Å². The van der Waals surface area contributed by atoms with Crippen LogP contribution in [0.2, 0.25) is 0 Å². The molecular weight excluding hydrogens is 612 g/mol. The number of hydrogen-bond donors (Lipinski definition) is 4. The van der Waals surface area contributed by atoms with Crippen LogP contribution in [-0.2, 0) is 25.8 Å². The lowest BCUT2D eigenvalue weighted by Gasteiger charge is -2.33. The molecule has 0 radical (unpaired) electrons. The minimum absolute atomic E-state index is 0.00672. The normalized spacial score (nSPS) is 17.5. The Balaban J connectivity index is 1.43. The maximum Gasteiger partial charge on any atom is 0.224 e. The minimum atomic E-state index is -3.82. The van der Waals surface area contributed by atoms with Crippen molar-refractivity contribution in [3.8, 4) is 0 Å². The summed E-state index contributed by atoms with van der Waals surface area (Å²) < 4.78 is 27.2. The van der Waals surface area contributed by atoms with Gasteiger partial charge in [-0.05, 0) is 59.6 Å². The molecule has 0 spiro atoms. The molecule has 1 aliphatic rings. The zero-order chi connectivity index (χ0) is 34.0. The van der Waals surface area contributed by atoms with Crippen molar-refractivity contribution in [1.29, 1.82) is 0 Å². The van der Waals surface area contributed by atoms with Crippen LogP contribution in [0.3, 0.4) is 0 Å². The van der Waals surface area contributed by atoms with Crippen molar-refractivity contribution in [2.75, 3.05) is 12.3 Å². The first kappa shape index (κ1) is 36.6. The van der Waals surface area contributed by atoms with Gasteiger partial charge in [-0.2, -0.15) is 0 Å². The van der Waals surface area contributed by atoms with Crippen LogP contribution >= 0.6 is 0 Å². The number of fused-ring (bicyclic) bond motifs is 1. The van der Waals surface area contributed by atoms with Gasteiger partial charge in [0, 0.05) is 6.54 Å². The summed E-state index contributed by atoms with van der Waals surface area (Å²) in [5, 5.41) is 29.4. The second-order valence-electron chi connectivity index (χ2n) is 13.9. The summed E-state index contributed by atoms with van der Waals surface area (Å²) in [6, 6.07) is 21.2. The fraction of sp³-hybridized carbons (Fsp3) is 0.526. The lowest BCUT2D eigenvalue weighted by atomic mass is 9.82. The molecular formula is C38H52N2O6S. The summed E-state index contributed by atoms with van der Waals surface area (Å²) in [5.41, 5.74) is 0.839. The molecule has 256 valence electrons. The highest BCUT2D eigenvalue weighted by molar-refractivity contribution is 7.91. The third-order valence-corrected chi connectivity index (χ3v) is 11.2. The summed E-state index contributed by atoms with van der Waals surface area (Å²) in [6.45, 7) is 5.66. The van der Waals surface area contributed by atoms with E-state index >= 15 is 0 Å². The Morgan fingerprint density at radius 1 is 0.851 bits per heavy atom. The number of nitrogens with one attached hydrogen (secondary N) is 2. The van der Waals surface area contributed by atoms with Crippen LogP contribution in [0.4, 0.5) is 0 Å². The van der Waals surface area contributed by atoms with Crippen LogP contribution in [-0.4, -0.2) is 61.0 Å². The average molecular weight is 665 g/mol. The predicted molar refractivity (Wildman–Crippen MR) is 186 cm³/mol. The number of hydrogen-bond acceptors (Lipinski definition) is 6. The molecule has 0 unspecified atom stereocenters. The topological polar surface area (TPSA) is 133 Å². The number of aliphatic hydroxyl groups is 2. The molecule has 0 bridgehead atoms. The Bertz CT molecular complexity index is 1550. The minimum Gasteiger partial charge on any atom is -0.390 e. The molecule has 3 aromatic rings. The van der Waals surface area contributed by atoms with E-state index in [-0.39, 0.29) is 35.4 Å². The first-order chi connectivity index (χ1) is 22.4. The van der Waals surface area contributed by atoms with Gasteiger partial charge in [0.15, 0.2) is 9.84 Å². The monoisotopic (exact) mass is 664 g/mol. The Morgan fingerprint density at radius 2 is 1.51 bits per heavy atom. The highest BCUT2D eigenvalue weighted by Crippen LogP contribution is 2.29. The van der Waals surface area contributed by atoms with E-state index in [1.165, 1.54) is 6.42 Å². The molecule has 0 aromatic heterocycles. The number of benzene rings is 3. The van der Waals surface area contributed by atoms with E-state index in [9.17, 15) is 28.2 Å². The van der Waals surface area contributed by atoms with Crippen molar-refractivity contribution >= 4 is 32.4 Å². The molecule has 8 nitrogen and oxygen atoms in total. The van der Waals surface area contributed by atoms with Crippen molar-refractivity contribution in [3.05, 3.63) is 78.4 Å². The van der Waals surface area contributed by atoms with Gasteiger partial charge in [-0.15, -0.1) is 0 Å². The largest absolute Gasteiger partial charge is 0.390 e. The highest BCUT2D eigenvalue weighted by atomic mass is 32.2. The third-order valence-electron chi connectivity index (χ3n) is 9.39. The van der Waals surface area contributed by atoms with Crippen molar-refractivity contribution in [1.82, 2.24) is 10.6 Å². The van der Waals surface area contributed by atoms with Gasteiger partial charge in [0.25, 0.3) is 0 Å².